The second-order valence-electron chi connectivity index (χ2n) is 5.26. The Morgan fingerprint density at radius 2 is 1.28 bits per heavy atom. The van der Waals surface area contributed by atoms with Gasteiger partial charge in [-0.3, -0.25) is 0 Å². The van der Waals surface area contributed by atoms with Crippen LogP contribution >= 0.6 is 0 Å². The molecule has 0 N–H and O–H groups in total. The van der Waals surface area contributed by atoms with E-state index in [2.05, 4.69) is 20.8 Å². The summed E-state index contributed by atoms with van der Waals surface area (Å²) >= 11 is 0. The fourth-order valence-electron chi connectivity index (χ4n) is 2.57. The van der Waals surface area contributed by atoms with E-state index in [0.29, 0.717) is 0 Å². The van der Waals surface area contributed by atoms with Gasteiger partial charge < -0.3 is 14.4 Å². The van der Waals surface area contributed by atoms with E-state index in [0.717, 1.165) is 19.3 Å². The van der Waals surface area contributed by atoms with Gasteiger partial charge in [0.25, 0.3) is 0 Å². The van der Waals surface area contributed by atoms with Crippen LogP contribution in [-0.2, 0) is 4.79 Å². The molecule has 0 atom stereocenters. The van der Waals surface area contributed by atoms with Crippen molar-refractivity contribution in [1.82, 2.24) is 0 Å². The van der Waals surface area contributed by atoms with Crippen LogP contribution < -0.4 is 5.11 Å². The quantitative estimate of drug-likeness (QED) is 0.398. The van der Waals surface area contributed by atoms with Crippen LogP contribution in [0.5, 0.6) is 0 Å². The topological polar surface area (TPSA) is 40.1 Å². The molecule has 0 fully saturated rings. The first-order valence-corrected chi connectivity index (χ1v) is 7.65. The van der Waals surface area contributed by atoms with Crippen molar-refractivity contribution in [2.45, 2.75) is 65.7 Å². The van der Waals surface area contributed by atoms with Crippen molar-refractivity contribution in [2.24, 2.45) is 0 Å². The minimum absolute atomic E-state index is 0.224. The predicted molar refractivity (Wildman–Crippen MR) is 74.1 cm³/mol. The number of rotatable bonds is 12. The summed E-state index contributed by atoms with van der Waals surface area (Å²) in [5.74, 6) is -0.911. The lowest BCUT2D eigenvalue weighted by Gasteiger charge is -2.35. The molecule has 0 rings (SSSR count). The second-order valence-corrected chi connectivity index (χ2v) is 5.26. The normalized spacial score (nSPS) is 11.7. The highest BCUT2D eigenvalue weighted by atomic mass is 16.4. The Hall–Kier alpha value is -0.570. The van der Waals surface area contributed by atoms with E-state index in [1.807, 2.05) is 0 Å². The van der Waals surface area contributed by atoms with E-state index in [9.17, 15) is 9.90 Å². The molecule has 18 heavy (non-hydrogen) atoms. The minimum Gasteiger partial charge on any atom is -0.550 e. The summed E-state index contributed by atoms with van der Waals surface area (Å²) in [4.78, 5) is 10.2. The maximum absolute atomic E-state index is 10.2. The van der Waals surface area contributed by atoms with Crippen LogP contribution in [0.4, 0.5) is 0 Å². The van der Waals surface area contributed by atoms with Crippen molar-refractivity contribution in [3.05, 3.63) is 0 Å². The monoisotopic (exact) mass is 257 g/mol. The molecular weight excluding hydrogens is 226 g/mol. The lowest BCUT2D eigenvalue weighted by atomic mass is 10.1. The Balaban J connectivity index is 3.47. The molecule has 0 radical (unpaired) electrons. The first-order chi connectivity index (χ1) is 8.60. The SMILES string of the molecule is CC[N+](CC)(CC)CCCCCCCCC(=O)[O-]. The van der Waals surface area contributed by atoms with Crippen LogP contribution in [0.2, 0.25) is 0 Å². The number of carboxylic acids is 1. The Morgan fingerprint density at radius 3 is 1.72 bits per heavy atom. The number of carboxylic acid groups (broad SMARTS) is 1. The predicted octanol–water partition coefficient (Wildman–Crippen LogP) is 2.34. The number of hydrogen-bond acceptors (Lipinski definition) is 2. The summed E-state index contributed by atoms with van der Waals surface area (Å²) in [6.45, 7) is 11.9. The average Bonchev–Trinajstić information content (AvgIpc) is 2.38. The minimum atomic E-state index is -0.911. The van der Waals surface area contributed by atoms with Crippen LogP contribution in [0.3, 0.4) is 0 Å². The molecular formula is C15H31NO2. The third kappa shape index (κ3) is 7.70. The Kier molecular flexibility index (Phi) is 10.0. The number of hydrogen-bond donors (Lipinski definition) is 0. The zero-order valence-electron chi connectivity index (χ0n) is 12.5. The summed E-state index contributed by atoms with van der Waals surface area (Å²) in [5, 5.41) is 10.2. The summed E-state index contributed by atoms with van der Waals surface area (Å²) in [7, 11) is 0. The zero-order valence-corrected chi connectivity index (χ0v) is 12.5. The highest BCUT2D eigenvalue weighted by Gasteiger charge is 2.19. The number of aliphatic carboxylic acids is 1. The third-order valence-electron chi connectivity index (χ3n) is 4.28. The van der Waals surface area contributed by atoms with Crippen LogP contribution in [0.25, 0.3) is 0 Å². The third-order valence-corrected chi connectivity index (χ3v) is 4.28. The molecule has 0 heterocycles. The van der Waals surface area contributed by atoms with Crippen molar-refractivity contribution < 1.29 is 14.4 Å². The van der Waals surface area contributed by atoms with Gasteiger partial charge in [0.1, 0.15) is 0 Å². The molecule has 0 amide bonds. The molecule has 0 aliphatic rings. The van der Waals surface area contributed by atoms with Crippen molar-refractivity contribution >= 4 is 5.97 Å². The van der Waals surface area contributed by atoms with Crippen LogP contribution in [-0.4, -0.2) is 36.6 Å². The van der Waals surface area contributed by atoms with E-state index in [-0.39, 0.29) is 6.42 Å². The number of quaternary nitrogens is 1. The summed E-state index contributed by atoms with van der Waals surface area (Å²) in [6.07, 6.45) is 7.02. The molecule has 0 aliphatic heterocycles. The molecule has 0 saturated carbocycles. The van der Waals surface area contributed by atoms with Gasteiger partial charge in [-0.15, -0.1) is 0 Å². The van der Waals surface area contributed by atoms with Crippen LogP contribution in [0, 0.1) is 0 Å². The van der Waals surface area contributed by atoms with Gasteiger partial charge in [-0.25, -0.2) is 0 Å². The summed E-state index contributed by atoms with van der Waals surface area (Å²) in [6, 6.07) is 0. The summed E-state index contributed by atoms with van der Waals surface area (Å²) in [5.41, 5.74) is 0. The van der Waals surface area contributed by atoms with Gasteiger partial charge in [0.2, 0.25) is 0 Å². The second kappa shape index (κ2) is 10.4. The highest BCUT2D eigenvalue weighted by molar-refractivity contribution is 5.63. The number of carbonyl (C=O) groups is 1. The number of carbonyl (C=O) groups excluding carboxylic acids is 1. The van der Waals surface area contributed by atoms with Gasteiger partial charge in [-0.1, -0.05) is 19.3 Å². The molecule has 0 bridgehead atoms. The van der Waals surface area contributed by atoms with Gasteiger partial charge >= 0.3 is 0 Å². The number of nitrogens with zero attached hydrogens (tertiary/aromatic N) is 1. The largest absolute Gasteiger partial charge is 0.550 e. The Morgan fingerprint density at radius 1 is 0.833 bits per heavy atom. The Bertz CT molecular complexity index is 204. The van der Waals surface area contributed by atoms with E-state index in [1.54, 1.807) is 0 Å². The van der Waals surface area contributed by atoms with E-state index in [4.69, 9.17) is 0 Å². The molecule has 0 aliphatic carbocycles. The van der Waals surface area contributed by atoms with Crippen molar-refractivity contribution in [3.63, 3.8) is 0 Å². The van der Waals surface area contributed by atoms with Gasteiger partial charge in [0, 0.05) is 5.97 Å². The van der Waals surface area contributed by atoms with Crippen molar-refractivity contribution in [3.8, 4) is 0 Å². The van der Waals surface area contributed by atoms with Gasteiger partial charge in [0.05, 0.1) is 26.2 Å². The van der Waals surface area contributed by atoms with E-state index >= 15 is 0 Å². The fourth-order valence-corrected chi connectivity index (χ4v) is 2.57. The van der Waals surface area contributed by atoms with Gasteiger partial charge in [-0.05, 0) is 46.5 Å². The Labute approximate surface area is 113 Å². The van der Waals surface area contributed by atoms with Crippen molar-refractivity contribution in [2.75, 3.05) is 26.2 Å². The number of unbranched alkanes of at least 4 members (excludes halogenated alkanes) is 5. The molecule has 0 aromatic rings. The van der Waals surface area contributed by atoms with E-state index in [1.165, 1.54) is 49.9 Å². The molecule has 108 valence electrons. The smallest absolute Gasteiger partial charge is 0.0786 e. The van der Waals surface area contributed by atoms with Gasteiger partial charge in [0.15, 0.2) is 0 Å². The molecule has 0 aromatic heterocycles. The molecule has 0 aromatic carbocycles. The standard InChI is InChI=1S/C15H31NO2/c1-4-16(5-2,6-3)14-12-10-8-7-9-11-13-15(17)18/h4-14H2,1-3H3. The lowest BCUT2D eigenvalue weighted by molar-refractivity contribution is -0.923. The maximum atomic E-state index is 10.2. The highest BCUT2D eigenvalue weighted by Crippen LogP contribution is 2.12. The first kappa shape index (κ1) is 17.4. The van der Waals surface area contributed by atoms with Crippen molar-refractivity contribution in [1.29, 1.82) is 0 Å². The molecule has 0 saturated heterocycles. The molecule has 3 heteroatoms. The lowest BCUT2D eigenvalue weighted by Crippen LogP contribution is -2.48. The summed E-state index contributed by atoms with van der Waals surface area (Å²) < 4.78 is 1.24. The molecule has 0 unspecified atom stereocenters. The van der Waals surface area contributed by atoms with Gasteiger partial charge in [-0.2, -0.15) is 0 Å². The maximum Gasteiger partial charge on any atom is 0.0786 e. The van der Waals surface area contributed by atoms with E-state index < -0.39 is 5.97 Å². The first-order valence-electron chi connectivity index (χ1n) is 7.65. The fraction of sp³-hybridized carbons (Fsp3) is 0.933. The van der Waals surface area contributed by atoms with Crippen LogP contribution in [0.1, 0.15) is 65.7 Å². The molecule has 0 spiro atoms. The molecule has 3 nitrogen and oxygen atoms in total. The zero-order chi connectivity index (χ0) is 13.9. The van der Waals surface area contributed by atoms with Crippen LogP contribution in [0.15, 0.2) is 0 Å². The average molecular weight is 257 g/mol.